The van der Waals surface area contributed by atoms with Gasteiger partial charge in [-0.25, -0.2) is 0 Å². The smallest absolute Gasteiger partial charge is 0.382 e. The molecule has 1 aromatic carbocycles. The Kier molecular flexibility index (Phi) is 5.18. The Bertz CT molecular complexity index is 352. The number of alkyl halides is 3. The molecule has 96 valence electrons. The lowest BCUT2D eigenvalue weighted by molar-refractivity contribution is -0.105. The van der Waals surface area contributed by atoms with Gasteiger partial charge < -0.3 is 5.32 Å². The van der Waals surface area contributed by atoms with E-state index in [9.17, 15) is 13.2 Å². The lowest BCUT2D eigenvalue weighted by Gasteiger charge is -2.16. The van der Waals surface area contributed by atoms with Crippen LogP contribution in [0.4, 0.5) is 18.9 Å². The summed E-state index contributed by atoms with van der Waals surface area (Å²) in [5.74, 6) is -0.855. The molecular formula is C12H16F3NS. The van der Waals surface area contributed by atoms with Crippen molar-refractivity contribution in [2.75, 3.05) is 11.1 Å². The first-order valence-electron chi connectivity index (χ1n) is 5.47. The Morgan fingerprint density at radius 3 is 2.53 bits per heavy atom. The molecule has 0 aliphatic rings. The number of hydrogen-bond acceptors (Lipinski definition) is 2. The van der Waals surface area contributed by atoms with Crippen LogP contribution in [0.3, 0.4) is 0 Å². The average molecular weight is 263 g/mol. The van der Waals surface area contributed by atoms with Crippen molar-refractivity contribution >= 4 is 17.4 Å². The first-order chi connectivity index (χ1) is 7.92. The normalized spacial score (nSPS) is 13.5. The summed E-state index contributed by atoms with van der Waals surface area (Å²) in [5.41, 5.74) is 0.774. The van der Waals surface area contributed by atoms with Gasteiger partial charge in [0.25, 0.3) is 0 Å². The third-order valence-corrected chi connectivity index (χ3v) is 3.43. The van der Waals surface area contributed by atoms with Crippen LogP contribution in [0.2, 0.25) is 0 Å². The molecule has 0 fully saturated rings. The second-order valence-corrected chi connectivity index (χ2v) is 4.87. The van der Waals surface area contributed by atoms with E-state index in [1.54, 1.807) is 12.1 Å². The fourth-order valence-electron chi connectivity index (χ4n) is 1.24. The number of halogens is 3. The molecule has 5 heteroatoms. The molecule has 1 N–H and O–H groups in total. The van der Waals surface area contributed by atoms with Gasteiger partial charge in [-0.2, -0.15) is 13.2 Å². The molecule has 17 heavy (non-hydrogen) atoms. The van der Waals surface area contributed by atoms with Crippen molar-refractivity contribution in [1.82, 2.24) is 0 Å². The van der Waals surface area contributed by atoms with Gasteiger partial charge >= 0.3 is 6.18 Å². The van der Waals surface area contributed by atoms with Gasteiger partial charge in [-0.05, 0) is 25.5 Å². The topological polar surface area (TPSA) is 12.0 Å². The number of para-hydroxylation sites is 1. The molecule has 0 heterocycles. The summed E-state index contributed by atoms with van der Waals surface area (Å²) in [7, 11) is 0. The van der Waals surface area contributed by atoms with Crippen molar-refractivity contribution in [3.63, 3.8) is 0 Å². The standard InChI is InChI=1S/C12H16F3NS/c1-3-9(2)16-10-6-4-5-7-11(10)17-8-12(13,14)15/h4-7,9,16H,3,8H2,1-2H3. The summed E-state index contributed by atoms with van der Waals surface area (Å²) in [4.78, 5) is 0.644. The van der Waals surface area contributed by atoms with E-state index in [1.165, 1.54) is 0 Å². The van der Waals surface area contributed by atoms with Crippen LogP contribution in [-0.4, -0.2) is 18.0 Å². The highest BCUT2D eigenvalue weighted by Gasteiger charge is 2.27. The summed E-state index contributed by atoms with van der Waals surface area (Å²) in [6.07, 6.45) is -3.20. The van der Waals surface area contributed by atoms with Crippen LogP contribution < -0.4 is 5.32 Å². The molecule has 0 saturated carbocycles. The average Bonchev–Trinajstić information content (AvgIpc) is 2.26. The summed E-state index contributed by atoms with van der Waals surface area (Å²) in [5, 5.41) is 3.21. The maximum Gasteiger partial charge on any atom is 0.398 e. The van der Waals surface area contributed by atoms with Crippen molar-refractivity contribution in [3.8, 4) is 0 Å². The zero-order chi connectivity index (χ0) is 12.9. The third kappa shape index (κ3) is 5.35. The Balaban J connectivity index is 2.70. The van der Waals surface area contributed by atoms with Gasteiger partial charge in [-0.3, -0.25) is 0 Å². The Morgan fingerprint density at radius 1 is 1.29 bits per heavy atom. The van der Waals surface area contributed by atoms with Crippen LogP contribution in [-0.2, 0) is 0 Å². The molecule has 0 bridgehead atoms. The van der Waals surface area contributed by atoms with Gasteiger partial charge in [0.2, 0.25) is 0 Å². The van der Waals surface area contributed by atoms with E-state index < -0.39 is 11.9 Å². The van der Waals surface area contributed by atoms with E-state index in [0.29, 0.717) is 4.90 Å². The maximum atomic E-state index is 12.2. The van der Waals surface area contributed by atoms with Crippen LogP contribution in [0.15, 0.2) is 29.2 Å². The lowest BCUT2D eigenvalue weighted by Crippen LogP contribution is -2.15. The molecular weight excluding hydrogens is 247 g/mol. The highest BCUT2D eigenvalue weighted by atomic mass is 32.2. The molecule has 1 aromatic rings. The predicted molar refractivity (Wildman–Crippen MR) is 66.6 cm³/mol. The van der Waals surface area contributed by atoms with E-state index in [-0.39, 0.29) is 6.04 Å². The Morgan fingerprint density at radius 2 is 1.94 bits per heavy atom. The summed E-state index contributed by atoms with van der Waals surface area (Å²) < 4.78 is 36.5. The van der Waals surface area contributed by atoms with Crippen molar-refractivity contribution in [1.29, 1.82) is 0 Å². The highest BCUT2D eigenvalue weighted by Crippen LogP contribution is 2.32. The van der Waals surface area contributed by atoms with E-state index in [1.807, 2.05) is 26.0 Å². The molecule has 0 spiro atoms. The lowest BCUT2D eigenvalue weighted by atomic mass is 10.2. The van der Waals surface area contributed by atoms with Gasteiger partial charge in [-0.1, -0.05) is 19.1 Å². The van der Waals surface area contributed by atoms with E-state index in [2.05, 4.69) is 5.32 Å². The van der Waals surface area contributed by atoms with Gasteiger partial charge in [-0.15, -0.1) is 11.8 Å². The van der Waals surface area contributed by atoms with E-state index >= 15 is 0 Å². The van der Waals surface area contributed by atoms with Crippen LogP contribution >= 0.6 is 11.8 Å². The zero-order valence-electron chi connectivity index (χ0n) is 9.84. The van der Waals surface area contributed by atoms with Gasteiger partial charge in [0.15, 0.2) is 0 Å². The molecule has 0 radical (unpaired) electrons. The summed E-state index contributed by atoms with van der Waals surface area (Å²) in [6.45, 7) is 4.04. The van der Waals surface area contributed by atoms with Crippen molar-refractivity contribution < 1.29 is 13.2 Å². The molecule has 0 amide bonds. The van der Waals surface area contributed by atoms with Gasteiger partial charge in [0.1, 0.15) is 0 Å². The number of benzene rings is 1. The maximum absolute atomic E-state index is 12.2. The van der Waals surface area contributed by atoms with Crippen LogP contribution in [0.1, 0.15) is 20.3 Å². The minimum absolute atomic E-state index is 0.252. The largest absolute Gasteiger partial charge is 0.398 e. The SMILES string of the molecule is CCC(C)Nc1ccccc1SCC(F)(F)F. The second kappa shape index (κ2) is 6.19. The molecule has 0 aliphatic heterocycles. The highest BCUT2D eigenvalue weighted by molar-refractivity contribution is 7.99. The molecule has 1 unspecified atom stereocenters. The number of anilines is 1. The molecule has 0 saturated heterocycles. The summed E-state index contributed by atoms with van der Waals surface area (Å²) >= 11 is 0.819. The van der Waals surface area contributed by atoms with E-state index in [4.69, 9.17) is 0 Å². The Labute approximate surface area is 104 Å². The van der Waals surface area contributed by atoms with Crippen molar-refractivity contribution in [2.24, 2.45) is 0 Å². The van der Waals surface area contributed by atoms with Crippen LogP contribution in [0.5, 0.6) is 0 Å². The van der Waals surface area contributed by atoms with Crippen LogP contribution in [0.25, 0.3) is 0 Å². The molecule has 1 nitrogen and oxygen atoms in total. The Hall–Kier alpha value is -0.840. The minimum Gasteiger partial charge on any atom is -0.382 e. The quantitative estimate of drug-likeness (QED) is 0.782. The second-order valence-electron chi connectivity index (χ2n) is 3.85. The first kappa shape index (κ1) is 14.2. The van der Waals surface area contributed by atoms with Crippen molar-refractivity contribution in [3.05, 3.63) is 24.3 Å². The molecule has 1 rings (SSSR count). The molecule has 1 atom stereocenters. The number of hydrogen-bond donors (Lipinski definition) is 1. The minimum atomic E-state index is -4.13. The van der Waals surface area contributed by atoms with Gasteiger partial charge in [0.05, 0.1) is 5.75 Å². The first-order valence-corrected chi connectivity index (χ1v) is 6.46. The number of thioether (sulfide) groups is 1. The summed E-state index contributed by atoms with van der Waals surface area (Å²) in [6, 6.07) is 7.34. The monoisotopic (exact) mass is 263 g/mol. The number of nitrogens with one attached hydrogen (secondary N) is 1. The molecule has 0 aromatic heterocycles. The van der Waals surface area contributed by atoms with Crippen molar-refractivity contribution in [2.45, 2.75) is 37.4 Å². The predicted octanol–water partition coefficient (Wildman–Crippen LogP) is 4.55. The third-order valence-electron chi connectivity index (χ3n) is 2.29. The van der Waals surface area contributed by atoms with E-state index in [0.717, 1.165) is 23.9 Å². The number of rotatable bonds is 5. The molecule has 0 aliphatic carbocycles. The fourth-order valence-corrected chi connectivity index (χ4v) is 2.02. The van der Waals surface area contributed by atoms with Gasteiger partial charge in [0, 0.05) is 16.6 Å². The fraction of sp³-hybridized carbons (Fsp3) is 0.500. The van der Waals surface area contributed by atoms with Crippen LogP contribution in [0, 0.1) is 0 Å². The zero-order valence-corrected chi connectivity index (χ0v) is 10.7.